The number of carbonyl (C=O) groups excluding carboxylic acids is 3. The van der Waals surface area contributed by atoms with E-state index in [0.29, 0.717) is 36.4 Å². The molecule has 27 heavy (non-hydrogen) atoms. The van der Waals surface area contributed by atoms with Crippen LogP contribution >= 0.6 is 0 Å². The summed E-state index contributed by atoms with van der Waals surface area (Å²) in [6.07, 6.45) is 1.05. The molecule has 3 rings (SSSR count). The van der Waals surface area contributed by atoms with Gasteiger partial charge in [-0.25, -0.2) is 0 Å². The Morgan fingerprint density at radius 3 is 2.70 bits per heavy atom. The zero-order valence-electron chi connectivity index (χ0n) is 14.7. The highest BCUT2D eigenvalue weighted by Crippen LogP contribution is 2.24. The number of hydrogen-bond donors (Lipinski definition) is 1. The number of nitrogens with zero attached hydrogens (tertiary/aromatic N) is 2. The lowest BCUT2D eigenvalue weighted by molar-refractivity contribution is 0.0693. The molecule has 3 amide bonds. The third-order valence-electron chi connectivity index (χ3n) is 4.15. The Bertz CT molecular complexity index is 962. The first kappa shape index (κ1) is 18.1. The molecule has 0 unspecified atom stereocenters. The van der Waals surface area contributed by atoms with E-state index in [2.05, 4.69) is 11.4 Å². The van der Waals surface area contributed by atoms with Gasteiger partial charge in [0.2, 0.25) is 0 Å². The average molecular weight is 363 g/mol. The molecular weight excluding hydrogens is 346 g/mol. The predicted molar refractivity (Wildman–Crippen MR) is 97.6 cm³/mol. The molecule has 2 aromatic carbocycles. The van der Waals surface area contributed by atoms with Crippen LogP contribution in [0.15, 0.2) is 42.5 Å². The summed E-state index contributed by atoms with van der Waals surface area (Å²) in [6, 6.07) is 13.4. The largest absolute Gasteiger partial charge is 0.493 e. The summed E-state index contributed by atoms with van der Waals surface area (Å²) in [5.74, 6) is -0.600. The minimum atomic E-state index is -0.419. The number of nitriles is 1. The van der Waals surface area contributed by atoms with Crippen LogP contribution in [-0.2, 0) is 0 Å². The molecular formula is C20H17N3O4. The van der Waals surface area contributed by atoms with Gasteiger partial charge in [0.15, 0.2) is 0 Å². The highest BCUT2D eigenvalue weighted by atomic mass is 16.5. The molecule has 2 aromatic rings. The second kappa shape index (κ2) is 7.70. The molecule has 1 aliphatic heterocycles. The summed E-state index contributed by atoms with van der Waals surface area (Å²) in [5.41, 5.74) is 1.35. The van der Waals surface area contributed by atoms with E-state index in [0.717, 1.165) is 4.90 Å². The van der Waals surface area contributed by atoms with E-state index in [1.807, 2.05) is 0 Å². The van der Waals surface area contributed by atoms with Crippen LogP contribution < -0.4 is 10.1 Å². The Morgan fingerprint density at radius 1 is 1.15 bits per heavy atom. The molecule has 1 heterocycles. The molecule has 1 aliphatic rings. The molecule has 0 saturated heterocycles. The first-order valence-electron chi connectivity index (χ1n) is 8.39. The molecule has 0 saturated carbocycles. The molecule has 0 radical (unpaired) electrons. The SMILES string of the molecule is CN1C(=O)c2ccc(C(=O)Nc3cccc(OCCCC#N)c3)cc2C1=O. The fourth-order valence-corrected chi connectivity index (χ4v) is 2.71. The van der Waals surface area contributed by atoms with Gasteiger partial charge in [-0.05, 0) is 36.8 Å². The smallest absolute Gasteiger partial charge is 0.261 e. The Kier molecular flexibility index (Phi) is 5.18. The Morgan fingerprint density at radius 2 is 1.93 bits per heavy atom. The molecule has 7 nitrogen and oxygen atoms in total. The lowest BCUT2D eigenvalue weighted by Gasteiger charge is -2.09. The first-order chi connectivity index (χ1) is 13.0. The summed E-state index contributed by atoms with van der Waals surface area (Å²) in [5, 5.41) is 11.3. The maximum absolute atomic E-state index is 12.5. The minimum Gasteiger partial charge on any atom is -0.493 e. The molecule has 7 heteroatoms. The lowest BCUT2D eigenvalue weighted by atomic mass is 10.1. The zero-order chi connectivity index (χ0) is 19.4. The molecule has 0 aliphatic carbocycles. The van der Waals surface area contributed by atoms with Crippen LogP contribution in [0.4, 0.5) is 5.69 Å². The number of imide groups is 1. The normalized spacial score (nSPS) is 12.5. The number of nitrogens with one attached hydrogen (secondary N) is 1. The van der Waals surface area contributed by atoms with Crippen LogP contribution in [0.5, 0.6) is 5.75 Å². The van der Waals surface area contributed by atoms with Crippen molar-refractivity contribution in [3.8, 4) is 11.8 Å². The van der Waals surface area contributed by atoms with Crippen molar-refractivity contribution < 1.29 is 19.1 Å². The number of ether oxygens (including phenoxy) is 1. The monoisotopic (exact) mass is 363 g/mol. The van der Waals surface area contributed by atoms with Crippen LogP contribution in [0, 0.1) is 11.3 Å². The molecule has 0 spiro atoms. The van der Waals surface area contributed by atoms with E-state index in [1.165, 1.54) is 25.2 Å². The lowest BCUT2D eigenvalue weighted by Crippen LogP contribution is -2.24. The Balaban J connectivity index is 1.71. The van der Waals surface area contributed by atoms with E-state index >= 15 is 0 Å². The molecule has 136 valence electrons. The van der Waals surface area contributed by atoms with Crippen LogP contribution in [-0.4, -0.2) is 36.3 Å². The highest BCUT2D eigenvalue weighted by molar-refractivity contribution is 6.22. The van der Waals surface area contributed by atoms with Gasteiger partial charge in [0.1, 0.15) is 5.75 Å². The predicted octanol–water partition coefficient (Wildman–Crippen LogP) is 2.85. The third-order valence-corrected chi connectivity index (χ3v) is 4.15. The van der Waals surface area contributed by atoms with Gasteiger partial charge in [-0.2, -0.15) is 5.26 Å². The van der Waals surface area contributed by atoms with E-state index in [4.69, 9.17) is 10.00 Å². The number of carbonyl (C=O) groups is 3. The second-order valence-corrected chi connectivity index (χ2v) is 6.02. The standard InChI is InChI=1S/C20H17N3O4/c1-23-19(25)16-8-7-13(11-17(16)20(23)26)18(24)22-14-5-4-6-15(12-14)27-10-3-2-9-21/h4-8,11-12H,2-3,10H2,1H3,(H,22,24). The van der Waals surface area contributed by atoms with Crippen molar-refractivity contribution in [1.29, 1.82) is 5.26 Å². The maximum Gasteiger partial charge on any atom is 0.261 e. The fraction of sp³-hybridized carbons (Fsp3) is 0.200. The van der Waals surface area contributed by atoms with Crippen molar-refractivity contribution in [2.75, 3.05) is 19.0 Å². The van der Waals surface area contributed by atoms with Crippen molar-refractivity contribution in [2.24, 2.45) is 0 Å². The van der Waals surface area contributed by atoms with E-state index in [9.17, 15) is 14.4 Å². The van der Waals surface area contributed by atoms with Crippen molar-refractivity contribution in [1.82, 2.24) is 4.90 Å². The average Bonchev–Trinajstić information content (AvgIpc) is 2.89. The number of anilines is 1. The number of benzene rings is 2. The fourth-order valence-electron chi connectivity index (χ4n) is 2.71. The van der Waals surface area contributed by atoms with Crippen LogP contribution in [0.3, 0.4) is 0 Å². The molecule has 1 N–H and O–H groups in total. The van der Waals surface area contributed by atoms with Crippen molar-refractivity contribution >= 4 is 23.4 Å². The van der Waals surface area contributed by atoms with Gasteiger partial charge < -0.3 is 10.1 Å². The summed E-state index contributed by atoms with van der Waals surface area (Å²) in [6.45, 7) is 0.416. The molecule has 0 fully saturated rings. The molecule has 0 atom stereocenters. The van der Waals surface area contributed by atoms with E-state index in [-0.39, 0.29) is 17.0 Å². The van der Waals surface area contributed by atoms with E-state index < -0.39 is 11.8 Å². The summed E-state index contributed by atoms with van der Waals surface area (Å²) < 4.78 is 5.54. The molecule has 0 bridgehead atoms. The number of rotatable bonds is 6. The minimum absolute atomic E-state index is 0.227. The van der Waals surface area contributed by atoms with Gasteiger partial charge in [0.25, 0.3) is 17.7 Å². The maximum atomic E-state index is 12.5. The summed E-state index contributed by atoms with van der Waals surface area (Å²) in [7, 11) is 1.41. The van der Waals surface area contributed by atoms with Crippen molar-refractivity contribution in [3.05, 3.63) is 59.2 Å². The van der Waals surface area contributed by atoms with E-state index in [1.54, 1.807) is 24.3 Å². The first-order valence-corrected chi connectivity index (χ1v) is 8.39. The van der Waals surface area contributed by atoms with Crippen LogP contribution in [0.25, 0.3) is 0 Å². The Hall–Kier alpha value is -3.66. The zero-order valence-corrected chi connectivity index (χ0v) is 14.7. The third kappa shape index (κ3) is 3.80. The van der Waals surface area contributed by atoms with Gasteiger partial charge in [0.05, 0.1) is 23.8 Å². The van der Waals surface area contributed by atoms with Gasteiger partial charge in [-0.3, -0.25) is 19.3 Å². The van der Waals surface area contributed by atoms with Gasteiger partial charge in [-0.1, -0.05) is 6.07 Å². The summed E-state index contributed by atoms with van der Waals surface area (Å²) >= 11 is 0. The number of unbranched alkanes of at least 4 members (excludes halogenated alkanes) is 1. The highest BCUT2D eigenvalue weighted by Gasteiger charge is 2.33. The topological polar surface area (TPSA) is 99.5 Å². The Labute approximate surface area is 156 Å². The van der Waals surface area contributed by atoms with Gasteiger partial charge >= 0.3 is 0 Å². The quantitative estimate of drug-likeness (QED) is 0.628. The molecule has 0 aromatic heterocycles. The van der Waals surface area contributed by atoms with Crippen LogP contribution in [0.1, 0.15) is 43.9 Å². The number of hydrogen-bond acceptors (Lipinski definition) is 5. The van der Waals surface area contributed by atoms with Crippen molar-refractivity contribution in [3.63, 3.8) is 0 Å². The van der Waals surface area contributed by atoms with Gasteiger partial charge in [0, 0.05) is 30.8 Å². The van der Waals surface area contributed by atoms with Crippen molar-refractivity contribution in [2.45, 2.75) is 12.8 Å². The number of fused-ring (bicyclic) bond motifs is 1. The van der Waals surface area contributed by atoms with Crippen LogP contribution in [0.2, 0.25) is 0 Å². The summed E-state index contributed by atoms with van der Waals surface area (Å²) in [4.78, 5) is 37.5. The number of amides is 3. The van der Waals surface area contributed by atoms with Gasteiger partial charge in [-0.15, -0.1) is 0 Å². The second-order valence-electron chi connectivity index (χ2n) is 6.02.